The quantitative estimate of drug-likeness (QED) is 0.801. The predicted octanol–water partition coefficient (Wildman–Crippen LogP) is 3.80. The molecule has 6 heteroatoms. The summed E-state index contributed by atoms with van der Waals surface area (Å²) in [5.41, 5.74) is 7.77. The van der Waals surface area contributed by atoms with Crippen molar-refractivity contribution in [1.29, 1.82) is 0 Å². The van der Waals surface area contributed by atoms with E-state index in [4.69, 9.17) is 22.1 Å². The molecule has 108 valence electrons. The number of nitrogens with two attached hydrogens (primary N) is 1. The zero-order valence-electron chi connectivity index (χ0n) is 11.3. The molecule has 0 saturated carbocycles. The first kappa shape index (κ1) is 13.7. The minimum absolute atomic E-state index is 0.227. The molecule has 0 bridgehead atoms. The van der Waals surface area contributed by atoms with Crippen LogP contribution >= 0.6 is 11.6 Å². The lowest BCUT2D eigenvalue weighted by atomic mass is 10.2. The molecule has 4 nitrogen and oxygen atoms in total. The maximum absolute atomic E-state index is 13.5. The van der Waals surface area contributed by atoms with Crippen LogP contribution in [0.4, 0.5) is 10.3 Å². The van der Waals surface area contributed by atoms with Gasteiger partial charge in [-0.2, -0.15) is 0 Å². The van der Waals surface area contributed by atoms with Crippen LogP contribution in [0.5, 0.6) is 5.75 Å². The zero-order valence-corrected chi connectivity index (χ0v) is 12.1. The fourth-order valence-corrected chi connectivity index (χ4v) is 2.48. The Morgan fingerprint density at radius 1 is 1.33 bits per heavy atom. The van der Waals surface area contributed by atoms with E-state index in [1.54, 1.807) is 4.57 Å². The molecule has 21 heavy (non-hydrogen) atoms. The Morgan fingerprint density at radius 3 is 2.90 bits per heavy atom. The summed E-state index contributed by atoms with van der Waals surface area (Å²) >= 11 is 6.16. The molecular formula is C15H13ClFN3O. The SMILES string of the molecule is CCOc1cccc2c1nc(N)n2-c1cc(F)ccc1Cl. The van der Waals surface area contributed by atoms with Crippen molar-refractivity contribution >= 4 is 28.6 Å². The summed E-state index contributed by atoms with van der Waals surface area (Å²) in [6, 6.07) is 9.60. The fraction of sp³-hybridized carbons (Fsp3) is 0.133. The molecule has 1 heterocycles. The number of imidazole rings is 1. The van der Waals surface area contributed by atoms with E-state index in [1.807, 2.05) is 25.1 Å². The highest BCUT2D eigenvalue weighted by Gasteiger charge is 2.16. The minimum atomic E-state index is -0.392. The normalized spacial score (nSPS) is 11.0. The summed E-state index contributed by atoms with van der Waals surface area (Å²) in [6.45, 7) is 2.41. The Labute approximate surface area is 125 Å². The van der Waals surface area contributed by atoms with Crippen LogP contribution in [0.2, 0.25) is 5.02 Å². The van der Waals surface area contributed by atoms with Crippen LogP contribution < -0.4 is 10.5 Å². The van der Waals surface area contributed by atoms with Gasteiger partial charge in [0.05, 0.1) is 22.8 Å². The maximum atomic E-state index is 13.5. The zero-order chi connectivity index (χ0) is 15.0. The predicted molar refractivity (Wildman–Crippen MR) is 81.6 cm³/mol. The summed E-state index contributed by atoms with van der Waals surface area (Å²) in [4.78, 5) is 4.31. The molecule has 0 radical (unpaired) electrons. The average Bonchev–Trinajstić information content (AvgIpc) is 2.79. The highest BCUT2D eigenvalue weighted by atomic mass is 35.5. The van der Waals surface area contributed by atoms with Crippen molar-refractivity contribution in [3.05, 3.63) is 47.2 Å². The number of para-hydroxylation sites is 1. The van der Waals surface area contributed by atoms with Gasteiger partial charge in [0, 0.05) is 0 Å². The van der Waals surface area contributed by atoms with Gasteiger partial charge in [0.25, 0.3) is 0 Å². The highest BCUT2D eigenvalue weighted by molar-refractivity contribution is 6.32. The lowest BCUT2D eigenvalue weighted by Gasteiger charge is -2.09. The minimum Gasteiger partial charge on any atom is -0.492 e. The molecule has 0 aliphatic rings. The number of ether oxygens (including phenoxy) is 1. The average molecular weight is 306 g/mol. The van der Waals surface area contributed by atoms with Gasteiger partial charge in [0.2, 0.25) is 5.95 Å². The molecule has 0 spiro atoms. The van der Waals surface area contributed by atoms with Crippen LogP contribution in [0.1, 0.15) is 6.92 Å². The highest BCUT2D eigenvalue weighted by Crippen LogP contribution is 2.32. The molecule has 2 N–H and O–H groups in total. The van der Waals surface area contributed by atoms with Crippen molar-refractivity contribution in [3.63, 3.8) is 0 Å². The second-order valence-corrected chi connectivity index (χ2v) is 4.87. The third-order valence-corrected chi connectivity index (χ3v) is 3.44. The number of anilines is 1. The van der Waals surface area contributed by atoms with Gasteiger partial charge in [-0.1, -0.05) is 17.7 Å². The second-order valence-electron chi connectivity index (χ2n) is 4.46. The van der Waals surface area contributed by atoms with Gasteiger partial charge < -0.3 is 10.5 Å². The molecule has 0 saturated heterocycles. The molecular weight excluding hydrogens is 293 g/mol. The summed E-state index contributed by atoms with van der Waals surface area (Å²) < 4.78 is 20.7. The number of hydrogen-bond acceptors (Lipinski definition) is 3. The van der Waals surface area contributed by atoms with Crippen LogP contribution in [0, 0.1) is 5.82 Å². The largest absolute Gasteiger partial charge is 0.492 e. The summed E-state index contributed by atoms with van der Waals surface area (Å²) in [5, 5.41) is 0.393. The Hall–Kier alpha value is -2.27. The number of nitrogen functional groups attached to an aromatic ring is 1. The van der Waals surface area contributed by atoms with Crippen LogP contribution in [0.15, 0.2) is 36.4 Å². The fourth-order valence-electron chi connectivity index (χ4n) is 2.27. The Kier molecular flexibility index (Phi) is 3.43. The van der Waals surface area contributed by atoms with E-state index in [-0.39, 0.29) is 5.95 Å². The number of halogens is 2. The number of nitrogens with zero attached hydrogens (tertiary/aromatic N) is 2. The molecule has 0 aliphatic carbocycles. The first-order chi connectivity index (χ1) is 10.1. The third-order valence-electron chi connectivity index (χ3n) is 3.12. The summed E-state index contributed by atoms with van der Waals surface area (Å²) in [5.74, 6) is 0.467. The summed E-state index contributed by atoms with van der Waals surface area (Å²) in [6.07, 6.45) is 0. The Balaban J connectivity index is 2.30. The van der Waals surface area contributed by atoms with Gasteiger partial charge in [-0.25, -0.2) is 9.37 Å². The molecule has 2 aromatic carbocycles. The van der Waals surface area contributed by atoms with E-state index >= 15 is 0 Å². The molecule has 3 rings (SSSR count). The van der Waals surface area contributed by atoms with Gasteiger partial charge in [-0.15, -0.1) is 0 Å². The molecule has 0 aliphatic heterocycles. The molecule has 0 fully saturated rings. The number of benzene rings is 2. The molecule has 0 unspecified atom stereocenters. The van der Waals surface area contributed by atoms with Crippen molar-refractivity contribution in [2.45, 2.75) is 6.92 Å². The van der Waals surface area contributed by atoms with Crippen LogP contribution in [-0.2, 0) is 0 Å². The van der Waals surface area contributed by atoms with Crippen molar-refractivity contribution < 1.29 is 9.13 Å². The van der Waals surface area contributed by atoms with Crippen molar-refractivity contribution in [2.75, 3.05) is 12.3 Å². The lowest BCUT2D eigenvalue weighted by Crippen LogP contribution is -2.01. The molecule has 1 aromatic heterocycles. The van der Waals surface area contributed by atoms with Crippen LogP contribution in [0.25, 0.3) is 16.7 Å². The van der Waals surface area contributed by atoms with E-state index in [0.29, 0.717) is 34.1 Å². The molecule has 3 aromatic rings. The summed E-state index contributed by atoms with van der Waals surface area (Å²) in [7, 11) is 0. The number of hydrogen-bond donors (Lipinski definition) is 1. The first-order valence-electron chi connectivity index (χ1n) is 6.47. The van der Waals surface area contributed by atoms with E-state index in [2.05, 4.69) is 4.98 Å². The van der Waals surface area contributed by atoms with E-state index < -0.39 is 5.82 Å². The van der Waals surface area contributed by atoms with E-state index in [1.165, 1.54) is 18.2 Å². The van der Waals surface area contributed by atoms with Crippen molar-refractivity contribution in [3.8, 4) is 11.4 Å². The van der Waals surface area contributed by atoms with Gasteiger partial charge in [0.1, 0.15) is 17.1 Å². The van der Waals surface area contributed by atoms with E-state index in [9.17, 15) is 4.39 Å². The Bertz CT molecular complexity index is 816. The van der Waals surface area contributed by atoms with Gasteiger partial charge in [-0.05, 0) is 37.3 Å². The number of fused-ring (bicyclic) bond motifs is 1. The Morgan fingerprint density at radius 2 is 2.14 bits per heavy atom. The van der Waals surface area contributed by atoms with Crippen molar-refractivity contribution in [2.24, 2.45) is 0 Å². The van der Waals surface area contributed by atoms with Crippen molar-refractivity contribution in [1.82, 2.24) is 9.55 Å². The first-order valence-corrected chi connectivity index (χ1v) is 6.84. The van der Waals surface area contributed by atoms with Gasteiger partial charge in [-0.3, -0.25) is 4.57 Å². The maximum Gasteiger partial charge on any atom is 0.206 e. The third kappa shape index (κ3) is 2.29. The topological polar surface area (TPSA) is 53.1 Å². The standard InChI is InChI=1S/C15H13ClFN3O/c1-2-21-13-5-3-4-11-14(13)19-15(18)20(11)12-8-9(17)6-7-10(12)16/h3-8H,2H2,1H3,(H2,18,19). The van der Waals surface area contributed by atoms with Gasteiger partial charge >= 0.3 is 0 Å². The van der Waals surface area contributed by atoms with Crippen LogP contribution in [0.3, 0.4) is 0 Å². The van der Waals surface area contributed by atoms with Gasteiger partial charge in [0.15, 0.2) is 0 Å². The number of aromatic nitrogens is 2. The monoisotopic (exact) mass is 305 g/mol. The van der Waals surface area contributed by atoms with Crippen LogP contribution in [-0.4, -0.2) is 16.2 Å². The second kappa shape index (κ2) is 5.26. The smallest absolute Gasteiger partial charge is 0.206 e. The molecule has 0 atom stereocenters. The number of rotatable bonds is 3. The lowest BCUT2D eigenvalue weighted by molar-refractivity contribution is 0.344. The molecule has 0 amide bonds. The van der Waals surface area contributed by atoms with E-state index in [0.717, 1.165) is 0 Å².